The largest absolute Gasteiger partial charge is 0.480 e. The lowest BCUT2D eigenvalue weighted by Gasteiger charge is -2.20. The number of rotatable bonds is 7. The molecule has 0 aromatic heterocycles. The van der Waals surface area contributed by atoms with Crippen LogP contribution in [-0.2, 0) is 19.2 Å². The lowest BCUT2D eigenvalue weighted by atomic mass is 10.2. The van der Waals surface area contributed by atoms with Gasteiger partial charge >= 0.3 is 5.97 Å². The maximum Gasteiger partial charge on any atom is 0.325 e. The Labute approximate surface area is 123 Å². The second-order valence-electron chi connectivity index (χ2n) is 5.18. The van der Waals surface area contributed by atoms with Gasteiger partial charge in [-0.25, -0.2) is 0 Å². The number of aliphatic carboxylic acids is 1. The Hall–Kier alpha value is -2.12. The molecular formula is C13H23N3O5. The molecule has 0 spiro atoms. The lowest BCUT2D eigenvalue weighted by Crippen LogP contribution is -2.53. The van der Waals surface area contributed by atoms with E-state index in [4.69, 9.17) is 5.11 Å². The van der Waals surface area contributed by atoms with Crippen molar-refractivity contribution in [3.8, 4) is 0 Å². The molecule has 0 aliphatic rings. The Balaban J connectivity index is 4.40. The van der Waals surface area contributed by atoms with Crippen LogP contribution in [0.4, 0.5) is 0 Å². The summed E-state index contributed by atoms with van der Waals surface area (Å²) in [5, 5.41) is 15.8. The van der Waals surface area contributed by atoms with Gasteiger partial charge in [0.05, 0.1) is 0 Å². The summed E-state index contributed by atoms with van der Waals surface area (Å²) in [6.07, 6.45) is 0. The van der Waals surface area contributed by atoms with E-state index >= 15 is 0 Å². The van der Waals surface area contributed by atoms with E-state index in [1.807, 2.05) is 0 Å². The highest BCUT2D eigenvalue weighted by Gasteiger charge is 2.23. The number of carboxylic acid groups (broad SMARTS) is 1. The van der Waals surface area contributed by atoms with Crippen molar-refractivity contribution in [3.63, 3.8) is 0 Å². The Morgan fingerprint density at radius 2 is 1.00 bits per heavy atom. The number of carbonyl (C=O) groups excluding carboxylic acids is 3. The van der Waals surface area contributed by atoms with Crippen molar-refractivity contribution in [2.45, 2.75) is 52.7 Å². The molecule has 0 unspecified atom stereocenters. The van der Waals surface area contributed by atoms with Gasteiger partial charge in [-0.1, -0.05) is 13.8 Å². The van der Waals surface area contributed by atoms with Crippen LogP contribution in [0.5, 0.6) is 0 Å². The maximum absolute atomic E-state index is 11.8. The van der Waals surface area contributed by atoms with Crippen LogP contribution in [0.2, 0.25) is 0 Å². The Bertz CT molecular complexity index is 422. The van der Waals surface area contributed by atoms with Gasteiger partial charge in [0, 0.05) is 5.92 Å². The van der Waals surface area contributed by atoms with Crippen LogP contribution in [0.3, 0.4) is 0 Å². The van der Waals surface area contributed by atoms with Gasteiger partial charge in [0.15, 0.2) is 0 Å². The minimum Gasteiger partial charge on any atom is -0.480 e. The summed E-state index contributed by atoms with van der Waals surface area (Å²) in [5.41, 5.74) is 0. The molecule has 3 amide bonds. The van der Waals surface area contributed by atoms with Crippen molar-refractivity contribution >= 4 is 23.7 Å². The molecule has 8 nitrogen and oxygen atoms in total. The fraction of sp³-hybridized carbons (Fsp3) is 0.692. The zero-order valence-corrected chi connectivity index (χ0v) is 12.9. The summed E-state index contributed by atoms with van der Waals surface area (Å²) in [5.74, 6) is -2.82. The van der Waals surface area contributed by atoms with Crippen LogP contribution in [0.25, 0.3) is 0 Å². The number of hydrogen-bond acceptors (Lipinski definition) is 4. The van der Waals surface area contributed by atoms with Gasteiger partial charge in [-0.2, -0.15) is 0 Å². The van der Waals surface area contributed by atoms with E-state index in [2.05, 4.69) is 16.0 Å². The molecule has 0 heterocycles. The van der Waals surface area contributed by atoms with E-state index in [-0.39, 0.29) is 11.8 Å². The Morgan fingerprint density at radius 3 is 1.33 bits per heavy atom. The molecule has 0 saturated carbocycles. The van der Waals surface area contributed by atoms with Crippen molar-refractivity contribution in [1.82, 2.24) is 16.0 Å². The SMILES string of the molecule is CC(C)C(=O)N[C@@H](C)C(=O)N[C@@H](C)C(=O)N[C@@H](C)C(=O)O. The topological polar surface area (TPSA) is 125 Å². The number of hydrogen-bond donors (Lipinski definition) is 4. The van der Waals surface area contributed by atoms with E-state index < -0.39 is 35.9 Å². The molecule has 0 aliphatic carbocycles. The molecule has 0 aromatic carbocycles. The van der Waals surface area contributed by atoms with Gasteiger partial charge in [-0.15, -0.1) is 0 Å². The number of nitrogens with one attached hydrogen (secondary N) is 3. The van der Waals surface area contributed by atoms with E-state index in [0.29, 0.717) is 0 Å². The van der Waals surface area contributed by atoms with Crippen molar-refractivity contribution in [3.05, 3.63) is 0 Å². The summed E-state index contributed by atoms with van der Waals surface area (Å²) < 4.78 is 0. The summed E-state index contributed by atoms with van der Waals surface area (Å²) >= 11 is 0. The van der Waals surface area contributed by atoms with Gasteiger partial charge in [-0.05, 0) is 20.8 Å². The summed E-state index contributed by atoms with van der Waals surface area (Å²) in [7, 11) is 0. The van der Waals surface area contributed by atoms with Crippen molar-refractivity contribution in [1.29, 1.82) is 0 Å². The van der Waals surface area contributed by atoms with Crippen molar-refractivity contribution in [2.75, 3.05) is 0 Å². The first-order chi connectivity index (χ1) is 9.56. The smallest absolute Gasteiger partial charge is 0.325 e. The fourth-order valence-corrected chi connectivity index (χ4v) is 1.25. The summed E-state index contributed by atoms with van der Waals surface area (Å²) in [6.45, 7) is 7.64. The average molecular weight is 301 g/mol. The third kappa shape index (κ3) is 6.73. The van der Waals surface area contributed by atoms with Crippen LogP contribution >= 0.6 is 0 Å². The van der Waals surface area contributed by atoms with E-state index in [1.54, 1.807) is 13.8 Å². The van der Waals surface area contributed by atoms with Crippen LogP contribution in [0.1, 0.15) is 34.6 Å². The normalized spacial score (nSPS) is 14.8. The predicted molar refractivity (Wildman–Crippen MR) is 75.3 cm³/mol. The van der Waals surface area contributed by atoms with Gasteiger partial charge in [-0.3, -0.25) is 19.2 Å². The minimum absolute atomic E-state index is 0.252. The number of carbonyl (C=O) groups is 4. The van der Waals surface area contributed by atoms with Gasteiger partial charge in [0.1, 0.15) is 18.1 Å². The van der Waals surface area contributed by atoms with E-state index in [0.717, 1.165) is 0 Å². The average Bonchev–Trinajstić information content (AvgIpc) is 2.37. The van der Waals surface area contributed by atoms with Crippen molar-refractivity contribution < 1.29 is 24.3 Å². The highest BCUT2D eigenvalue weighted by Crippen LogP contribution is 1.94. The molecule has 3 atom stereocenters. The van der Waals surface area contributed by atoms with Gasteiger partial charge < -0.3 is 21.1 Å². The second kappa shape index (κ2) is 8.23. The molecule has 0 aliphatic heterocycles. The van der Waals surface area contributed by atoms with Crippen LogP contribution in [0.15, 0.2) is 0 Å². The van der Waals surface area contributed by atoms with Crippen LogP contribution in [-0.4, -0.2) is 46.9 Å². The molecule has 0 aromatic rings. The van der Waals surface area contributed by atoms with Gasteiger partial charge in [0.2, 0.25) is 17.7 Å². The quantitative estimate of drug-likeness (QED) is 0.492. The van der Waals surface area contributed by atoms with Gasteiger partial charge in [0.25, 0.3) is 0 Å². The lowest BCUT2D eigenvalue weighted by molar-refractivity contribution is -0.141. The highest BCUT2D eigenvalue weighted by atomic mass is 16.4. The predicted octanol–water partition coefficient (Wildman–Crippen LogP) is -0.759. The number of carboxylic acids is 1. The minimum atomic E-state index is -1.17. The summed E-state index contributed by atoms with van der Waals surface area (Å²) in [6, 6.07) is -2.74. The first-order valence-electron chi connectivity index (χ1n) is 6.70. The molecule has 0 bridgehead atoms. The highest BCUT2D eigenvalue weighted by molar-refractivity contribution is 5.93. The standard InChI is InChI=1S/C13H23N3O5/c1-6(2)10(17)14-7(3)11(18)15-8(4)12(19)16-9(5)13(20)21/h6-9H,1-5H3,(H,14,17)(H,15,18)(H,16,19)(H,20,21)/t7-,8-,9-/m0/s1. The van der Waals surface area contributed by atoms with Crippen molar-refractivity contribution in [2.24, 2.45) is 5.92 Å². The molecular weight excluding hydrogens is 278 g/mol. The first-order valence-corrected chi connectivity index (χ1v) is 6.70. The Morgan fingerprint density at radius 1 is 0.667 bits per heavy atom. The monoisotopic (exact) mass is 301 g/mol. The molecule has 0 radical (unpaired) electrons. The Kier molecular flexibility index (Phi) is 7.40. The van der Waals surface area contributed by atoms with Crippen LogP contribution in [0, 0.1) is 5.92 Å². The molecule has 21 heavy (non-hydrogen) atoms. The maximum atomic E-state index is 11.8. The molecule has 4 N–H and O–H groups in total. The molecule has 0 saturated heterocycles. The fourth-order valence-electron chi connectivity index (χ4n) is 1.25. The molecule has 0 fully saturated rings. The zero-order valence-electron chi connectivity index (χ0n) is 12.9. The summed E-state index contributed by atoms with van der Waals surface area (Å²) in [4.78, 5) is 45.6. The first kappa shape index (κ1) is 18.9. The van der Waals surface area contributed by atoms with Crippen LogP contribution < -0.4 is 16.0 Å². The second-order valence-corrected chi connectivity index (χ2v) is 5.18. The zero-order chi connectivity index (χ0) is 16.7. The van der Waals surface area contributed by atoms with E-state index in [1.165, 1.54) is 20.8 Å². The van der Waals surface area contributed by atoms with E-state index in [9.17, 15) is 19.2 Å². The molecule has 120 valence electrons. The molecule has 0 rings (SSSR count). The number of amides is 3. The third-order valence-electron chi connectivity index (χ3n) is 2.76. The third-order valence-corrected chi connectivity index (χ3v) is 2.76. The molecule has 8 heteroatoms.